The molecule has 0 atom stereocenters. The van der Waals surface area contributed by atoms with E-state index in [1.165, 1.54) is 21.1 Å². The summed E-state index contributed by atoms with van der Waals surface area (Å²) >= 11 is 0. The molecule has 0 unspecified atom stereocenters. The number of methoxy groups -OCH3 is 2. The lowest BCUT2D eigenvalue weighted by Gasteiger charge is -2.19. The molecule has 0 N–H and O–H groups in total. The van der Waals surface area contributed by atoms with Gasteiger partial charge in [-0.25, -0.2) is 5.01 Å². The van der Waals surface area contributed by atoms with Gasteiger partial charge in [0.25, 0.3) is 0 Å². The van der Waals surface area contributed by atoms with Gasteiger partial charge >= 0.3 is 5.97 Å². The minimum absolute atomic E-state index is 0.239. The average molecular weight is 390 g/mol. The summed E-state index contributed by atoms with van der Waals surface area (Å²) in [4.78, 5) is 11.4. The maximum Gasteiger partial charge on any atom is 0.308 e. The van der Waals surface area contributed by atoms with Crippen molar-refractivity contribution in [2.75, 3.05) is 19.2 Å². The number of rotatable bonds is 7. The molecular formula is C23H22N2O4. The highest BCUT2D eigenvalue weighted by Crippen LogP contribution is 2.38. The molecule has 3 rings (SSSR count). The molecule has 3 aromatic rings. The van der Waals surface area contributed by atoms with Gasteiger partial charge in [-0.1, -0.05) is 36.4 Å². The number of esters is 1. The van der Waals surface area contributed by atoms with E-state index in [9.17, 15) is 4.79 Å². The Hall–Kier alpha value is -3.80. The van der Waals surface area contributed by atoms with Crippen molar-refractivity contribution in [2.24, 2.45) is 5.10 Å². The zero-order chi connectivity index (χ0) is 20.6. The van der Waals surface area contributed by atoms with Gasteiger partial charge in [-0.15, -0.1) is 0 Å². The molecule has 0 aliphatic carbocycles. The number of hydrogen-bond donors (Lipinski definition) is 0. The highest BCUT2D eigenvalue weighted by Gasteiger charge is 2.16. The fourth-order valence-corrected chi connectivity index (χ4v) is 2.76. The van der Waals surface area contributed by atoms with Gasteiger partial charge in [0.2, 0.25) is 5.75 Å². The maximum absolute atomic E-state index is 11.4. The lowest BCUT2D eigenvalue weighted by Crippen LogP contribution is -2.09. The molecule has 0 fully saturated rings. The molecule has 0 spiro atoms. The lowest BCUT2D eigenvalue weighted by molar-refractivity contribution is -0.132. The van der Waals surface area contributed by atoms with Crippen molar-refractivity contribution in [3.05, 3.63) is 78.4 Å². The van der Waals surface area contributed by atoms with Gasteiger partial charge < -0.3 is 14.2 Å². The fourth-order valence-electron chi connectivity index (χ4n) is 2.76. The van der Waals surface area contributed by atoms with Gasteiger partial charge in [0, 0.05) is 12.5 Å². The Bertz CT molecular complexity index is 924. The van der Waals surface area contributed by atoms with Gasteiger partial charge in [0.15, 0.2) is 11.5 Å². The SMILES string of the molecule is COc1cc(/C=N/N(c2ccccc2)c2ccccc2)cc(OC)c1OC(C)=O. The van der Waals surface area contributed by atoms with Crippen LogP contribution in [0.1, 0.15) is 12.5 Å². The first-order valence-corrected chi connectivity index (χ1v) is 9.01. The molecule has 0 saturated heterocycles. The second-order valence-electron chi connectivity index (χ2n) is 6.08. The Labute approximate surface area is 169 Å². The lowest BCUT2D eigenvalue weighted by atomic mass is 10.2. The second-order valence-corrected chi connectivity index (χ2v) is 6.08. The molecule has 29 heavy (non-hydrogen) atoms. The summed E-state index contributed by atoms with van der Waals surface area (Å²) in [6, 6.07) is 23.1. The largest absolute Gasteiger partial charge is 0.493 e. The number of nitrogens with zero attached hydrogens (tertiary/aromatic N) is 2. The first kappa shape index (κ1) is 19.9. The number of carbonyl (C=O) groups is 1. The molecule has 6 heteroatoms. The van der Waals surface area contributed by atoms with Gasteiger partial charge in [-0.3, -0.25) is 4.79 Å². The zero-order valence-corrected chi connectivity index (χ0v) is 16.5. The van der Waals surface area contributed by atoms with Crippen LogP contribution < -0.4 is 19.2 Å². The van der Waals surface area contributed by atoms with Gasteiger partial charge in [-0.05, 0) is 36.4 Å². The minimum Gasteiger partial charge on any atom is -0.493 e. The Morgan fingerprint density at radius 2 is 1.34 bits per heavy atom. The first-order valence-electron chi connectivity index (χ1n) is 9.01. The highest BCUT2D eigenvalue weighted by atomic mass is 16.6. The molecule has 0 aliphatic heterocycles. The summed E-state index contributed by atoms with van der Waals surface area (Å²) < 4.78 is 16.0. The standard InChI is InChI=1S/C23H22N2O4/c1-17(26)29-23-21(27-2)14-18(15-22(23)28-3)16-24-25(19-10-6-4-7-11-19)20-12-8-5-9-13-20/h4-16H,1-3H3/b24-16+. The molecule has 6 nitrogen and oxygen atoms in total. The Morgan fingerprint density at radius 3 is 1.76 bits per heavy atom. The van der Waals surface area contributed by atoms with Crippen LogP contribution in [0.5, 0.6) is 17.2 Å². The summed E-state index contributed by atoms with van der Waals surface area (Å²) in [7, 11) is 3.01. The van der Waals surface area contributed by atoms with Gasteiger partial charge in [0.05, 0.1) is 31.8 Å². The van der Waals surface area contributed by atoms with Crippen molar-refractivity contribution < 1.29 is 19.0 Å². The van der Waals surface area contributed by atoms with Crippen molar-refractivity contribution in [3.8, 4) is 17.2 Å². The van der Waals surface area contributed by atoms with Crippen LogP contribution >= 0.6 is 0 Å². The van der Waals surface area contributed by atoms with E-state index >= 15 is 0 Å². The van der Waals surface area contributed by atoms with E-state index in [2.05, 4.69) is 5.10 Å². The summed E-state index contributed by atoms with van der Waals surface area (Å²) in [5.74, 6) is 0.545. The Morgan fingerprint density at radius 1 is 0.862 bits per heavy atom. The smallest absolute Gasteiger partial charge is 0.308 e. The number of ether oxygens (including phenoxy) is 3. The van der Waals surface area contributed by atoms with Gasteiger partial charge in [0.1, 0.15) is 0 Å². The van der Waals surface area contributed by atoms with Crippen molar-refractivity contribution in [2.45, 2.75) is 6.92 Å². The molecule has 0 heterocycles. The molecule has 148 valence electrons. The Kier molecular flexibility index (Phi) is 6.47. The number of para-hydroxylation sites is 2. The fraction of sp³-hybridized carbons (Fsp3) is 0.130. The highest BCUT2D eigenvalue weighted by molar-refractivity contribution is 5.85. The first-order chi connectivity index (χ1) is 14.1. The predicted octanol–water partition coefficient (Wildman–Crippen LogP) is 4.80. The van der Waals surface area contributed by atoms with E-state index in [1.807, 2.05) is 65.7 Å². The van der Waals surface area contributed by atoms with Crippen molar-refractivity contribution in [3.63, 3.8) is 0 Å². The summed E-state index contributed by atoms with van der Waals surface area (Å²) in [6.07, 6.45) is 1.70. The molecule has 0 saturated carbocycles. The third-order valence-electron chi connectivity index (χ3n) is 4.05. The summed E-state index contributed by atoms with van der Waals surface area (Å²) in [5, 5.41) is 6.50. The van der Waals surface area contributed by atoms with E-state index in [1.54, 1.807) is 18.3 Å². The Balaban J connectivity index is 2.00. The summed E-state index contributed by atoms with van der Waals surface area (Å²) in [5.41, 5.74) is 2.57. The van der Waals surface area contributed by atoms with E-state index in [0.29, 0.717) is 11.5 Å². The number of hydrogen-bond acceptors (Lipinski definition) is 6. The van der Waals surface area contributed by atoms with E-state index in [0.717, 1.165) is 16.9 Å². The number of anilines is 2. The third-order valence-corrected chi connectivity index (χ3v) is 4.05. The number of hydrazone groups is 1. The van der Waals surface area contributed by atoms with Crippen LogP contribution in [0.25, 0.3) is 0 Å². The van der Waals surface area contributed by atoms with Crippen LogP contribution in [0.4, 0.5) is 11.4 Å². The van der Waals surface area contributed by atoms with Gasteiger partial charge in [-0.2, -0.15) is 5.10 Å². The average Bonchev–Trinajstić information content (AvgIpc) is 2.75. The van der Waals surface area contributed by atoms with Crippen LogP contribution in [0.3, 0.4) is 0 Å². The molecule has 0 amide bonds. The number of benzene rings is 3. The molecule has 0 aliphatic rings. The molecule has 0 bridgehead atoms. The second kappa shape index (κ2) is 9.41. The van der Waals surface area contributed by atoms with E-state index < -0.39 is 5.97 Å². The molecule has 0 radical (unpaired) electrons. The van der Waals surface area contributed by atoms with E-state index in [4.69, 9.17) is 14.2 Å². The third kappa shape index (κ3) is 4.93. The monoisotopic (exact) mass is 390 g/mol. The maximum atomic E-state index is 11.4. The van der Waals surface area contributed by atoms with Crippen LogP contribution in [0.2, 0.25) is 0 Å². The van der Waals surface area contributed by atoms with Crippen molar-refractivity contribution >= 4 is 23.6 Å². The number of carbonyl (C=O) groups excluding carboxylic acids is 1. The zero-order valence-electron chi connectivity index (χ0n) is 16.5. The van der Waals surface area contributed by atoms with Crippen LogP contribution in [-0.4, -0.2) is 26.4 Å². The molecular weight excluding hydrogens is 368 g/mol. The van der Waals surface area contributed by atoms with Crippen molar-refractivity contribution in [1.82, 2.24) is 0 Å². The predicted molar refractivity (Wildman–Crippen MR) is 113 cm³/mol. The quantitative estimate of drug-likeness (QED) is 0.251. The van der Waals surface area contributed by atoms with Crippen LogP contribution in [0.15, 0.2) is 77.9 Å². The van der Waals surface area contributed by atoms with Crippen molar-refractivity contribution in [1.29, 1.82) is 0 Å². The minimum atomic E-state index is -0.456. The van der Waals surface area contributed by atoms with Crippen LogP contribution in [0, 0.1) is 0 Å². The molecule has 3 aromatic carbocycles. The van der Waals surface area contributed by atoms with Crippen LogP contribution in [-0.2, 0) is 4.79 Å². The van der Waals surface area contributed by atoms with E-state index in [-0.39, 0.29) is 5.75 Å². The molecule has 0 aromatic heterocycles. The topological polar surface area (TPSA) is 60.4 Å². The summed E-state index contributed by atoms with van der Waals surface area (Å²) in [6.45, 7) is 1.33. The normalized spacial score (nSPS) is 10.6.